The molecule has 118 valence electrons. The molecular weight excluding hydrogens is 276 g/mol. The van der Waals surface area contributed by atoms with Crippen molar-refractivity contribution in [2.75, 3.05) is 0 Å². The van der Waals surface area contributed by atoms with E-state index in [-0.39, 0.29) is 16.5 Å². The molecule has 0 amide bonds. The van der Waals surface area contributed by atoms with E-state index in [1.54, 1.807) is 6.07 Å². The number of aromatic amines is 1. The van der Waals surface area contributed by atoms with E-state index < -0.39 is 5.97 Å². The van der Waals surface area contributed by atoms with Crippen LogP contribution in [0.5, 0.6) is 0 Å². The summed E-state index contributed by atoms with van der Waals surface area (Å²) in [5, 5.41) is 15.5. The second-order valence-electron chi connectivity index (χ2n) is 7.67. The Morgan fingerprint density at radius 2 is 1.73 bits per heavy atom. The summed E-state index contributed by atoms with van der Waals surface area (Å²) >= 11 is 0. The second kappa shape index (κ2) is 5.59. The van der Waals surface area contributed by atoms with Crippen molar-refractivity contribution in [2.45, 2.75) is 46.5 Å². The molecule has 0 aliphatic rings. The molecule has 0 atom stereocenters. The third-order valence-corrected chi connectivity index (χ3v) is 3.74. The van der Waals surface area contributed by atoms with Crippen molar-refractivity contribution in [3.63, 3.8) is 0 Å². The van der Waals surface area contributed by atoms with Gasteiger partial charge in [0.2, 0.25) is 0 Å². The van der Waals surface area contributed by atoms with Gasteiger partial charge in [-0.25, -0.2) is 4.79 Å². The van der Waals surface area contributed by atoms with Crippen LogP contribution in [0, 0.1) is 5.41 Å². The van der Waals surface area contributed by atoms with E-state index in [1.807, 2.05) is 12.1 Å². The monoisotopic (exact) mass is 300 g/mol. The lowest BCUT2D eigenvalue weighted by Crippen LogP contribution is -2.24. The summed E-state index contributed by atoms with van der Waals surface area (Å²) < 4.78 is 0. The van der Waals surface area contributed by atoms with Crippen LogP contribution in [0.4, 0.5) is 0 Å². The Kier molecular flexibility index (Phi) is 4.14. The number of carboxylic acids is 1. The van der Waals surface area contributed by atoms with E-state index >= 15 is 0 Å². The number of rotatable bonds is 4. The molecule has 0 saturated heterocycles. The van der Waals surface area contributed by atoms with Crippen molar-refractivity contribution in [2.24, 2.45) is 5.41 Å². The summed E-state index contributed by atoms with van der Waals surface area (Å²) in [6, 6.07) is 9.77. The first kappa shape index (κ1) is 16.3. The highest BCUT2D eigenvalue weighted by Gasteiger charge is 2.27. The first-order valence-corrected chi connectivity index (χ1v) is 7.48. The number of aromatic nitrogens is 2. The molecule has 1 heterocycles. The highest BCUT2D eigenvalue weighted by molar-refractivity contribution is 5.86. The van der Waals surface area contributed by atoms with Crippen LogP contribution in [0.25, 0.3) is 11.3 Å². The van der Waals surface area contributed by atoms with Crippen molar-refractivity contribution in [1.82, 2.24) is 10.2 Å². The summed E-state index contributed by atoms with van der Waals surface area (Å²) in [6.07, 6.45) is 1.09. The minimum Gasteiger partial charge on any atom is -0.477 e. The molecule has 4 heteroatoms. The quantitative estimate of drug-likeness (QED) is 0.874. The molecule has 0 saturated carbocycles. The Hall–Kier alpha value is -2.10. The fourth-order valence-corrected chi connectivity index (χ4v) is 3.10. The number of carbonyl (C=O) groups is 1. The van der Waals surface area contributed by atoms with Gasteiger partial charge in [0.15, 0.2) is 0 Å². The van der Waals surface area contributed by atoms with Crippen molar-refractivity contribution < 1.29 is 9.90 Å². The normalized spacial score (nSPS) is 12.4. The fraction of sp³-hybridized carbons (Fsp3) is 0.444. The predicted octanol–water partition coefficient (Wildman–Crippen LogP) is 4.49. The smallest absolute Gasteiger partial charge is 0.353 e. The van der Waals surface area contributed by atoms with Gasteiger partial charge in [-0.2, -0.15) is 5.10 Å². The standard InChI is InChI=1S/C18H24N2O2/c1-17(2,3)11-18(4,5)13-8-6-12(7-9-13)14-10-15(16(21)22)20-19-14/h6-10H,11H2,1-5H3,(H,19,20)(H,21,22). The van der Waals surface area contributed by atoms with Crippen LogP contribution in [0.3, 0.4) is 0 Å². The molecule has 0 spiro atoms. The van der Waals surface area contributed by atoms with Gasteiger partial charge in [-0.3, -0.25) is 5.10 Å². The Bertz CT molecular complexity index is 661. The summed E-state index contributed by atoms with van der Waals surface area (Å²) in [5.41, 5.74) is 3.30. The molecule has 22 heavy (non-hydrogen) atoms. The third-order valence-electron chi connectivity index (χ3n) is 3.74. The van der Waals surface area contributed by atoms with Gasteiger partial charge in [0.05, 0.1) is 5.69 Å². The summed E-state index contributed by atoms with van der Waals surface area (Å²) in [7, 11) is 0. The van der Waals surface area contributed by atoms with E-state index in [1.165, 1.54) is 5.56 Å². The van der Waals surface area contributed by atoms with Crippen LogP contribution in [-0.4, -0.2) is 21.3 Å². The largest absolute Gasteiger partial charge is 0.477 e. The van der Waals surface area contributed by atoms with Gasteiger partial charge in [0.25, 0.3) is 0 Å². The fourth-order valence-electron chi connectivity index (χ4n) is 3.10. The highest BCUT2D eigenvalue weighted by Crippen LogP contribution is 2.36. The number of hydrogen-bond donors (Lipinski definition) is 2. The molecule has 0 radical (unpaired) electrons. The van der Waals surface area contributed by atoms with E-state index in [0.29, 0.717) is 5.69 Å². The first-order chi connectivity index (χ1) is 10.1. The van der Waals surface area contributed by atoms with Crippen LogP contribution in [0.2, 0.25) is 0 Å². The highest BCUT2D eigenvalue weighted by atomic mass is 16.4. The third kappa shape index (κ3) is 3.75. The Morgan fingerprint density at radius 3 is 2.18 bits per heavy atom. The Morgan fingerprint density at radius 1 is 1.14 bits per heavy atom. The average Bonchev–Trinajstić information content (AvgIpc) is 2.85. The molecule has 2 N–H and O–H groups in total. The van der Waals surface area contributed by atoms with Crippen molar-refractivity contribution in [3.8, 4) is 11.3 Å². The minimum absolute atomic E-state index is 0.0918. The van der Waals surface area contributed by atoms with Gasteiger partial charge in [-0.15, -0.1) is 0 Å². The lowest BCUT2D eigenvalue weighted by molar-refractivity contribution is 0.0690. The maximum Gasteiger partial charge on any atom is 0.353 e. The number of hydrogen-bond acceptors (Lipinski definition) is 2. The van der Waals surface area contributed by atoms with Crippen LogP contribution in [0.1, 0.15) is 57.1 Å². The Labute approximate surface area is 131 Å². The van der Waals surface area contributed by atoms with Crippen molar-refractivity contribution in [3.05, 3.63) is 41.6 Å². The molecule has 2 aromatic rings. The first-order valence-electron chi connectivity index (χ1n) is 7.48. The molecule has 0 unspecified atom stereocenters. The van der Waals surface area contributed by atoms with Gasteiger partial charge in [0, 0.05) is 5.56 Å². The average molecular weight is 300 g/mol. The molecule has 2 rings (SSSR count). The van der Waals surface area contributed by atoms with E-state index in [0.717, 1.165) is 12.0 Å². The number of nitrogens with zero attached hydrogens (tertiary/aromatic N) is 1. The zero-order chi connectivity index (χ0) is 16.5. The minimum atomic E-state index is -0.998. The zero-order valence-electron chi connectivity index (χ0n) is 13.9. The number of nitrogens with one attached hydrogen (secondary N) is 1. The maximum atomic E-state index is 10.9. The van der Waals surface area contributed by atoms with Gasteiger partial charge in [0.1, 0.15) is 5.69 Å². The SMILES string of the molecule is CC(C)(C)CC(C)(C)c1ccc(-c2cc(C(=O)O)[nH]n2)cc1. The molecule has 4 nitrogen and oxygen atoms in total. The molecule has 1 aromatic heterocycles. The van der Waals surface area contributed by atoms with Crippen molar-refractivity contribution >= 4 is 5.97 Å². The summed E-state index contributed by atoms with van der Waals surface area (Å²) in [6.45, 7) is 11.3. The zero-order valence-corrected chi connectivity index (χ0v) is 13.9. The van der Waals surface area contributed by atoms with Crippen molar-refractivity contribution in [1.29, 1.82) is 0 Å². The molecule has 0 aliphatic carbocycles. The lowest BCUT2D eigenvalue weighted by atomic mass is 9.72. The van der Waals surface area contributed by atoms with Gasteiger partial charge < -0.3 is 5.11 Å². The second-order valence-corrected chi connectivity index (χ2v) is 7.67. The van der Waals surface area contributed by atoms with Gasteiger partial charge in [-0.05, 0) is 28.9 Å². The van der Waals surface area contributed by atoms with Crippen LogP contribution in [0.15, 0.2) is 30.3 Å². The molecule has 0 bridgehead atoms. The number of aromatic carboxylic acids is 1. The summed E-state index contributed by atoms with van der Waals surface area (Å²) in [5.74, 6) is -0.998. The molecular formula is C18H24N2O2. The van der Waals surface area contributed by atoms with Crippen LogP contribution < -0.4 is 0 Å². The number of H-pyrrole nitrogens is 1. The van der Waals surface area contributed by atoms with Crippen LogP contribution >= 0.6 is 0 Å². The van der Waals surface area contributed by atoms with E-state index in [9.17, 15) is 4.79 Å². The van der Waals surface area contributed by atoms with Gasteiger partial charge >= 0.3 is 5.97 Å². The predicted molar refractivity (Wildman–Crippen MR) is 88.1 cm³/mol. The van der Waals surface area contributed by atoms with E-state index in [2.05, 4.69) is 56.9 Å². The number of carboxylic acid groups (broad SMARTS) is 1. The molecule has 0 fully saturated rings. The van der Waals surface area contributed by atoms with Crippen LogP contribution in [-0.2, 0) is 5.41 Å². The number of benzene rings is 1. The van der Waals surface area contributed by atoms with E-state index in [4.69, 9.17) is 5.11 Å². The maximum absolute atomic E-state index is 10.9. The topological polar surface area (TPSA) is 66.0 Å². The van der Waals surface area contributed by atoms with Gasteiger partial charge in [-0.1, -0.05) is 58.9 Å². The molecule has 0 aliphatic heterocycles. The summed E-state index contributed by atoms with van der Waals surface area (Å²) in [4.78, 5) is 10.9. The Balaban J connectivity index is 2.24. The lowest BCUT2D eigenvalue weighted by Gasteiger charge is -2.33. The molecule has 1 aromatic carbocycles.